The van der Waals surface area contributed by atoms with E-state index in [1.54, 1.807) is 42.5 Å². The molecule has 0 aromatic heterocycles. The van der Waals surface area contributed by atoms with Crippen LogP contribution in [0, 0.1) is 5.82 Å². The second kappa shape index (κ2) is 8.42. The molecule has 0 atom stereocenters. The minimum absolute atomic E-state index is 0.113. The molecule has 3 aromatic rings. The zero-order chi connectivity index (χ0) is 21.1. The SMILES string of the molecule is O=C1OC(c2cccc(Br)c2)=NC1=Cc1cccc(OC(=O)c2ccccc2F)c1. The van der Waals surface area contributed by atoms with E-state index in [4.69, 9.17) is 9.47 Å². The molecule has 7 heteroatoms. The Bertz CT molecular complexity index is 1220. The van der Waals surface area contributed by atoms with E-state index >= 15 is 0 Å². The van der Waals surface area contributed by atoms with Crippen LogP contribution in [0.1, 0.15) is 21.5 Å². The maximum atomic E-state index is 13.8. The lowest BCUT2D eigenvalue weighted by atomic mass is 10.2. The predicted molar refractivity (Wildman–Crippen MR) is 113 cm³/mol. The first kappa shape index (κ1) is 19.7. The Morgan fingerprint density at radius 2 is 1.83 bits per heavy atom. The highest BCUT2D eigenvalue weighted by molar-refractivity contribution is 9.10. The van der Waals surface area contributed by atoms with Crippen LogP contribution in [0.2, 0.25) is 0 Å². The van der Waals surface area contributed by atoms with Crippen molar-refractivity contribution >= 4 is 39.8 Å². The summed E-state index contributed by atoms with van der Waals surface area (Å²) in [7, 11) is 0. The van der Waals surface area contributed by atoms with E-state index in [1.807, 2.05) is 12.1 Å². The van der Waals surface area contributed by atoms with Gasteiger partial charge in [0.2, 0.25) is 5.90 Å². The Kier molecular flexibility index (Phi) is 5.54. The molecular weight excluding hydrogens is 453 g/mol. The summed E-state index contributed by atoms with van der Waals surface area (Å²) in [5, 5.41) is 0. The van der Waals surface area contributed by atoms with Crippen LogP contribution in [0.3, 0.4) is 0 Å². The summed E-state index contributed by atoms with van der Waals surface area (Å²) in [5.74, 6) is -1.65. The monoisotopic (exact) mass is 465 g/mol. The largest absolute Gasteiger partial charge is 0.423 e. The van der Waals surface area contributed by atoms with Crippen molar-refractivity contribution < 1.29 is 23.5 Å². The van der Waals surface area contributed by atoms with Crippen molar-refractivity contribution in [2.24, 2.45) is 4.99 Å². The first-order valence-corrected chi connectivity index (χ1v) is 9.64. The maximum absolute atomic E-state index is 13.8. The first-order chi connectivity index (χ1) is 14.5. The fourth-order valence-electron chi connectivity index (χ4n) is 2.77. The van der Waals surface area contributed by atoms with Gasteiger partial charge in [0.25, 0.3) is 0 Å². The van der Waals surface area contributed by atoms with Gasteiger partial charge >= 0.3 is 11.9 Å². The topological polar surface area (TPSA) is 65.0 Å². The number of carbonyl (C=O) groups excluding carboxylic acids is 2. The number of hydrogen-bond donors (Lipinski definition) is 0. The van der Waals surface area contributed by atoms with Gasteiger partial charge in [-0.15, -0.1) is 0 Å². The van der Waals surface area contributed by atoms with Crippen LogP contribution in [0.5, 0.6) is 5.75 Å². The Balaban J connectivity index is 1.57. The maximum Gasteiger partial charge on any atom is 0.363 e. The molecule has 0 saturated carbocycles. The van der Waals surface area contributed by atoms with Crippen LogP contribution in [-0.4, -0.2) is 17.8 Å². The average molecular weight is 466 g/mol. The van der Waals surface area contributed by atoms with E-state index in [0.29, 0.717) is 11.1 Å². The van der Waals surface area contributed by atoms with Crippen LogP contribution >= 0.6 is 15.9 Å². The van der Waals surface area contributed by atoms with Gasteiger partial charge in [0.15, 0.2) is 5.70 Å². The van der Waals surface area contributed by atoms with Crippen molar-refractivity contribution in [2.45, 2.75) is 0 Å². The molecule has 0 unspecified atom stereocenters. The van der Waals surface area contributed by atoms with Crippen LogP contribution in [0.25, 0.3) is 6.08 Å². The summed E-state index contributed by atoms with van der Waals surface area (Å²) >= 11 is 3.37. The summed E-state index contributed by atoms with van der Waals surface area (Å²) in [4.78, 5) is 28.6. The number of benzene rings is 3. The third kappa shape index (κ3) is 4.36. The molecule has 30 heavy (non-hydrogen) atoms. The number of ether oxygens (including phenoxy) is 2. The molecule has 148 valence electrons. The van der Waals surface area contributed by atoms with Gasteiger partial charge in [-0.1, -0.05) is 46.3 Å². The number of carbonyl (C=O) groups is 2. The van der Waals surface area contributed by atoms with Crippen LogP contribution in [-0.2, 0) is 9.53 Å². The molecule has 0 aliphatic carbocycles. The second-order valence-corrected chi connectivity index (χ2v) is 7.20. The summed E-state index contributed by atoms with van der Waals surface area (Å²) in [5.41, 5.74) is 1.18. The highest BCUT2D eigenvalue weighted by atomic mass is 79.9. The van der Waals surface area contributed by atoms with Crippen molar-refractivity contribution in [1.82, 2.24) is 0 Å². The quantitative estimate of drug-likeness (QED) is 0.303. The number of hydrogen-bond acceptors (Lipinski definition) is 5. The number of cyclic esters (lactones) is 1. The van der Waals surface area contributed by atoms with E-state index in [1.165, 1.54) is 24.3 Å². The zero-order valence-electron chi connectivity index (χ0n) is 15.3. The number of aliphatic imine (C=N–C) groups is 1. The van der Waals surface area contributed by atoms with E-state index < -0.39 is 17.8 Å². The number of nitrogens with zero attached hydrogens (tertiary/aromatic N) is 1. The van der Waals surface area contributed by atoms with E-state index in [-0.39, 0.29) is 22.9 Å². The van der Waals surface area contributed by atoms with E-state index in [2.05, 4.69) is 20.9 Å². The molecule has 0 saturated heterocycles. The Hall–Kier alpha value is -3.58. The zero-order valence-corrected chi connectivity index (χ0v) is 16.9. The molecule has 1 aliphatic rings. The van der Waals surface area contributed by atoms with Crippen molar-refractivity contribution in [3.8, 4) is 5.75 Å². The van der Waals surface area contributed by atoms with Crippen molar-refractivity contribution in [2.75, 3.05) is 0 Å². The van der Waals surface area contributed by atoms with E-state index in [9.17, 15) is 14.0 Å². The molecule has 4 rings (SSSR count). The third-order valence-electron chi connectivity index (χ3n) is 4.16. The average Bonchev–Trinajstić information content (AvgIpc) is 3.09. The minimum Gasteiger partial charge on any atom is -0.423 e. The minimum atomic E-state index is -0.812. The Morgan fingerprint density at radius 3 is 2.63 bits per heavy atom. The van der Waals surface area contributed by atoms with Crippen LogP contribution < -0.4 is 4.74 Å². The Morgan fingerprint density at radius 1 is 1.03 bits per heavy atom. The molecule has 1 heterocycles. The van der Waals surface area contributed by atoms with Crippen molar-refractivity contribution in [3.05, 3.63) is 105 Å². The van der Waals surface area contributed by atoms with Gasteiger partial charge < -0.3 is 9.47 Å². The first-order valence-electron chi connectivity index (χ1n) is 8.85. The molecular formula is C23H13BrFNO4. The molecule has 0 amide bonds. The van der Waals surface area contributed by atoms with Crippen molar-refractivity contribution in [3.63, 3.8) is 0 Å². The van der Waals surface area contributed by atoms with Gasteiger partial charge in [-0.3, -0.25) is 0 Å². The summed E-state index contributed by atoms with van der Waals surface area (Å²) in [6.07, 6.45) is 1.52. The molecule has 0 fully saturated rings. The number of rotatable bonds is 4. The van der Waals surface area contributed by atoms with Crippen LogP contribution in [0.4, 0.5) is 4.39 Å². The standard InChI is InChI=1S/C23H13BrFNO4/c24-16-7-4-6-15(13-16)21-26-20(23(28)30-21)12-14-5-3-8-17(11-14)29-22(27)18-9-1-2-10-19(18)25/h1-13H. The summed E-state index contributed by atoms with van der Waals surface area (Å²) < 4.78 is 25.1. The molecule has 5 nitrogen and oxygen atoms in total. The Labute approximate surface area is 179 Å². The van der Waals surface area contributed by atoms with Crippen molar-refractivity contribution in [1.29, 1.82) is 0 Å². The smallest absolute Gasteiger partial charge is 0.363 e. The van der Waals surface area contributed by atoms with Gasteiger partial charge in [0.05, 0.1) is 5.56 Å². The van der Waals surface area contributed by atoms with Gasteiger partial charge in [0.1, 0.15) is 11.6 Å². The number of esters is 2. The highest BCUT2D eigenvalue weighted by Crippen LogP contribution is 2.23. The molecule has 1 aliphatic heterocycles. The number of halogens is 2. The highest BCUT2D eigenvalue weighted by Gasteiger charge is 2.24. The molecule has 0 bridgehead atoms. The molecule has 0 spiro atoms. The lowest BCUT2D eigenvalue weighted by molar-refractivity contribution is -0.129. The van der Waals surface area contributed by atoms with Gasteiger partial charge in [-0.2, -0.15) is 0 Å². The van der Waals surface area contributed by atoms with Crippen LogP contribution in [0.15, 0.2) is 88.0 Å². The summed E-state index contributed by atoms with van der Waals surface area (Å²) in [6, 6.07) is 19.3. The second-order valence-electron chi connectivity index (χ2n) is 6.29. The lowest BCUT2D eigenvalue weighted by Gasteiger charge is -2.06. The lowest BCUT2D eigenvalue weighted by Crippen LogP contribution is -2.10. The van der Waals surface area contributed by atoms with Gasteiger partial charge in [0, 0.05) is 10.0 Å². The predicted octanol–water partition coefficient (Wildman–Crippen LogP) is 5.15. The normalized spacial score (nSPS) is 14.4. The third-order valence-corrected chi connectivity index (χ3v) is 4.65. The molecule has 0 N–H and O–H groups in total. The summed E-state index contributed by atoms with van der Waals surface area (Å²) in [6.45, 7) is 0. The molecule has 0 radical (unpaired) electrons. The van der Waals surface area contributed by atoms with E-state index in [0.717, 1.165) is 4.47 Å². The fraction of sp³-hybridized carbons (Fsp3) is 0. The molecule has 3 aromatic carbocycles. The fourth-order valence-corrected chi connectivity index (χ4v) is 3.17. The van der Waals surface area contributed by atoms with Gasteiger partial charge in [-0.25, -0.2) is 19.0 Å². The van der Waals surface area contributed by atoms with Gasteiger partial charge in [-0.05, 0) is 54.1 Å².